The Bertz CT molecular complexity index is 2060. The van der Waals surface area contributed by atoms with E-state index in [1.165, 1.54) is 204 Å². The van der Waals surface area contributed by atoms with Crippen LogP contribution in [0, 0.1) is 0 Å². The van der Waals surface area contributed by atoms with Crippen molar-refractivity contribution in [1.82, 2.24) is 0 Å². The average Bonchev–Trinajstić information content (AvgIpc) is 3.83. The van der Waals surface area contributed by atoms with Gasteiger partial charge in [0.25, 0.3) is 0 Å². The zero-order valence-corrected chi connectivity index (χ0v) is 40.7. The second kappa shape index (κ2) is 25.5. The first-order chi connectivity index (χ1) is 29.6. The fraction of sp³-hybridized carbons (Fsp3) is 0.571. The lowest BCUT2D eigenvalue weighted by molar-refractivity contribution is 0.605. The maximum atomic E-state index is 16.2. The first kappa shape index (κ1) is 47.0. The fourth-order valence-corrected chi connectivity index (χ4v) is 13.6. The molecule has 2 heterocycles. The first-order valence-corrected chi connectivity index (χ1v) is 27.7. The highest BCUT2D eigenvalue weighted by atomic mass is 32.2. The van der Waals surface area contributed by atoms with Gasteiger partial charge in [-0.2, -0.15) is 0 Å². The standard InChI is InChI=1S/C56H78OS3/c1-5-9-13-17-21-25-29-43-33-37-49-47(41-43)53-51(58-49)39-35-45(31-27-23-19-15-11-7-3)55(53)60(57)56-46(32-28-24-20-16-12-8-4)36-40-52-54(56)48-42-44(34-38-50(48)59-52)30-26-22-18-14-10-6-2/h33-42H,5-32H2,1-4H3. The zero-order valence-electron chi connectivity index (χ0n) is 38.2. The largest absolute Gasteiger partial charge is 0.249 e. The number of rotatable bonds is 30. The number of benzene rings is 4. The van der Waals surface area contributed by atoms with Crippen molar-refractivity contribution in [3.05, 3.63) is 82.9 Å². The summed E-state index contributed by atoms with van der Waals surface area (Å²) in [5, 5.41) is 5.19. The zero-order chi connectivity index (χ0) is 41.9. The molecule has 4 aromatic carbocycles. The van der Waals surface area contributed by atoms with Gasteiger partial charge in [0.2, 0.25) is 0 Å². The Hall–Kier alpha value is -2.53. The summed E-state index contributed by atoms with van der Waals surface area (Å²) in [6.45, 7) is 9.20. The Labute approximate surface area is 376 Å². The Morgan fingerprint density at radius 3 is 1.05 bits per heavy atom. The molecule has 0 spiro atoms. The number of aryl methyl sites for hydroxylation is 4. The summed E-state index contributed by atoms with van der Waals surface area (Å²) in [6.07, 6.45) is 35.2. The summed E-state index contributed by atoms with van der Waals surface area (Å²) < 4.78 is 21.5. The van der Waals surface area contributed by atoms with Crippen LogP contribution in [0.2, 0.25) is 0 Å². The molecule has 0 amide bonds. The van der Waals surface area contributed by atoms with Gasteiger partial charge in [-0.05, 0) is 110 Å². The second-order valence-corrected chi connectivity index (χ2v) is 21.6. The molecule has 2 aromatic heterocycles. The summed E-state index contributed by atoms with van der Waals surface area (Å²) in [4.78, 5) is 2.23. The van der Waals surface area contributed by atoms with Crippen molar-refractivity contribution in [2.75, 3.05) is 0 Å². The van der Waals surface area contributed by atoms with E-state index in [9.17, 15) is 0 Å². The molecule has 0 saturated carbocycles. The summed E-state index contributed by atoms with van der Waals surface area (Å²) >= 11 is 3.80. The maximum absolute atomic E-state index is 16.2. The molecule has 0 saturated heterocycles. The molecule has 0 atom stereocenters. The summed E-state index contributed by atoms with van der Waals surface area (Å²) in [5.74, 6) is 0. The quantitative estimate of drug-likeness (QED) is 0.0412. The Morgan fingerprint density at radius 2 is 0.683 bits per heavy atom. The lowest BCUT2D eigenvalue weighted by Gasteiger charge is -2.17. The predicted molar refractivity (Wildman–Crippen MR) is 272 cm³/mol. The van der Waals surface area contributed by atoms with Gasteiger partial charge in [-0.1, -0.05) is 180 Å². The highest BCUT2D eigenvalue weighted by Crippen LogP contribution is 2.45. The second-order valence-electron chi connectivity index (χ2n) is 18.1. The molecule has 6 aromatic rings. The Balaban J connectivity index is 1.44. The molecule has 0 N–H and O–H groups in total. The third kappa shape index (κ3) is 12.8. The summed E-state index contributed by atoms with van der Waals surface area (Å²) in [5.41, 5.74) is 5.48. The summed E-state index contributed by atoms with van der Waals surface area (Å²) in [6, 6.07) is 23.9. The van der Waals surface area contributed by atoms with Crippen LogP contribution in [0.15, 0.2) is 70.5 Å². The lowest BCUT2D eigenvalue weighted by Crippen LogP contribution is -2.04. The molecule has 0 fully saturated rings. The van der Waals surface area contributed by atoms with Gasteiger partial charge < -0.3 is 0 Å². The number of thiophene rings is 2. The van der Waals surface area contributed by atoms with Gasteiger partial charge in [0, 0.05) is 40.3 Å². The maximum Gasteiger partial charge on any atom is 0.0868 e. The molecule has 0 aliphatic carbocycles. The van der Waals surface area contributed by atoms with E-state index in [2.05, 4.69) is 88.4 Å². The monoisotopic (exact) mass is 863 g/mol. The highest BCUT2D eigenvalue weighted by molar-refractivity contribution is 7.85. The van der Waals surface area contributed by atoms with E-state index in [1.54, 1.807) is 0 Å². The van der Waals surface area contributed by atoms with Gasteiger partial charge in [-0.3, -0.25) is 0 Å². The molecule has 60 heavy (non-hydrogen) atoms. The van der Waals surface area contributed by atoms with Crippen molar-refractivity contribution in [2.24, 2.45) is 0 Å². The highest BCUT2D eigenvalue weighted by Gasteiger charge is 2.25. The molecule has 326 valence electrons. The Kier molecular flexibility index (Phi) is 20.0. The molecule has 6 rings (SSSR count). The summed E-state index contributed by atoms with van der Waals surface area (Å²) in [7, 11) is -1.33. The topological polar surface area (TPSA) is 17.1 Å². The minimum absolute atomic E-state index is 0.994. The number of unbranched alkanes of at least 4 members (excludes halogenated alkanes) is 20. The fourth-order valence-electron chi connectivity index (χ4n) is 9.50. The number of hydrogen-bond acceptors (Lipinski definition) is 3. The van der Waals surface area contributed by atoms with Crippen LogP contribution in [0.25, 0.3) is 40.3 Å². The predicted octanol–water partition coefficient (Wildman–Crippen LogP) is 19.2. The molecule has 1 nitrogen and oxygen atoms in total. The molecule has 4 heteroatoms. The van der Waals surface area contributed by atoms with Gasteiger partial charge in [-0.25, -0.2) is 4.21 Å². The molecular weight excluding hydrogens is 785 g/mol. The van der Waals surface area contributed by atoms with E-state index in [-0.39, 0.29) is 0 Å². The normalized spacial score (nSPS) is 12.1. The van der Waals surface area contributed by atoms with E-state index in [0.717, 1.165) is 48.3 Å². The van der Waals surface area contributed by atoms with Crippen molar-refractivity contribution in [1.29, 1.82) is 0 Å². The third-order valence-electron chi connectivity index (χ3n) is 13.1. The van der Waals surface area contributed by atoms with E-state index in [0.29, 0.717) is 0 Å². The number of fused-ring (bicyclic) bond motifs is 6. The average molecular weight is 863 g/mol. The van der Waals surface area contributed by atoms with Crippen LogP contribution >= 0.6 is 22.7 Å². The van der Waals surface area contributed by atoms with Crippen LogP contribution in [-0.4, -0.2) is 4.21 Å². The SMILES string of the molecule is CCCCCCCCc1ccc2sc3ccc(CCCCCCCC)c(S(=O)c4c(CCCCCCCC)ccc5sc6ccc(CCCCCCCC)cc6c45)c3c2c1. The molecule has 0 aliphatic rings. The van der Waals surface area contributed by atoms with E-state index >= 15 is 4.21 Å². The van der Waals surface area contributed by atoms with Crippen molar-refractivity contribution >= 4 is 73.8 Å². The van der Waals surface area contributed by atoms with E-state index < -0.39 is 10.8 Å². The lowest BCUT2D eigenvalue weighted by atomic mass is 10.0. The molecule has 0 bridgehead atoms. The Morgan fingerprint density at radius 1 is 0.367 bits per heavy atom. The minimum Gasteiger partial charge on any atom is -0.249 e. The van der Waals surface area contributed by atoms with E-state index in [1.807, 2.05) is 22.7 Å². The van der Waals surface area contributed by atoms with Crippen molar-refractivity contribution in [3.63, 3.8) is 0 Å². The minimum atomic E-state index is -1.33. The molecule has 0 unspecified atom stereocenters. The van der Waals surface area contributed by atoms with Crippen LogP contribution < -0.4 is 0 Å². The third-order valence-corrected chi connectivity index (χ3v) is 17.0. The van der Waals surface area contributed by atoms with Gasteiger partial charge in [-0.15, -0.1) is 22.7 Å². The smallest absolute Gasteiger partial charge is 0.0868 e. The number of hydrogen-bond donors (Lipinski definition) is 0. The van der Waals surface area contributed by atoms with Gasteiger partial charge in [0.1, 0.15) is 0 Å². The van der Waals surface area contributed by atoms with Crippen molar-refractivity contribution in [2.45, 2.75) is 217 Å². The van der Waals surface area contributed by atoms with Crippen LogP contribution in [0.3, 0.4) is 0 Å². The molecule has 0 radical (unpaired) electrons. The molecular formula is C56H78OS3. The van der Waals surface area contributed by atoms with Crippen LogP contribution in [0.1, 0.15) is 204 Å². The van der Waals surface area contributed by atoms with Gasteiger partial charge in [0.15, 0.2) is 0 Å². The van der Waals surface area contributed by atoms with Crippen LogP contribution in [-0.2, 0) is 36.5 Å². The molecule has 0 aliphatic heterocycles. The van der Waals surface area contributed by atoms with Crippen molar-refractivity contribution < 1.29 is 4.21 Å². The van der Waals surface area contributed by atoms with Crippen LogP contribution in [0.4, 0.5) is 0 Å². The first-order valence-electron chi connectivity index (χ1n) is 24.9. The van der Waals surface area contributed by atoms with Crippen LogP contribution in [0.5, 0.6) is 0 Å². The van der Waals surface area contributed by atoms with Gasteiger partial charge >= 0.3 is 0 Å². The van der Waals surface area contributed by atoms with Crippen molar-refractivity contribution in [3.8, 4) is 0 Å². The van der Waals surface area contributed by atoms with E-state index in [4.69, 9.17) is 0 Å². The van der Waals surface area contributed by atoms with Gasteiger partial charge in [0.05, 0.1) is 20.6 Å².